The predicted molar refractivity (Wildman–Crippen MR) is 75.9 cm³/mol. The van der Waals surface area contributed by atoms with Gasteiger partial charge >= 0.3 is 5.97 Å². The number of rotatable bonds is 7. The molecule has 5 heteroatoms. The molecule has 0 unspecified atom stereocenters. The average Bonchev–Trinajstić information content (AvgIpc) is 2.38. The van der Waals surface area contributed by atoms with Gasteiger partial charge in [-0.1, -0.05) is 19.8 Å². The fourth-order valence-electron chi connectivity index (χ4n) is 1.95. The Hall–Kier alpha value is -2.04. The van der Waals surface area contributed by atoms with E-state index in [-0.39, 0.29) is 24.1 Å². The van der Waals surface area contributed by atoms with E-state index in [0.29, 0.717) is 17.5 Å². The number of nitrogens with one attached hydrogen (secondary N) is 1. The number of aromatic hydroxyl groups is 1. The summed E-state index contributed by atoms with van der Waals surface area (Å²) in [4.78, 5) is 22.9. The van der Waals surface area contributed by atoms with Gasteiger partial charge in [-0.3, -0.25) is 9.59 Å². The van der Waals surface area contributed by atoms with Crippen molar-refractivity contribution in [3.05, 3.63) is 29.3 Å². The Bertz CT molecular complexity index is 485. The third-order valence-corrected chi connectivity index (χ3v) is 3.12. The number of benzene rings is 1. The summed E-state index contributed by atoms with van der Waals surface area (Å²) in [5.74, 6) is -1.10. The Morgan fingerprint density at radius 3 is 2.60 bits per heavy atom. The maximum absolute atomic E-state index is 12.1. The second-order valence-electron chi connectivity index (χ2n) is 4.91. The molecule has 1 rings (SSSR count). The normalized spacial score (nSPS) is 11.9. The zero-order valence-electron chi connectivity index (χ0n) is 11.8. The molecule has 1 aromatic rings. The number of carboxylic acids is 1. The van der Waals surface area contributed by atoms with Gasteiger partial charge < -0.3 is 15.5 Å². The molecule has 0 aliphatic heterocycles. The van der Waals surface area contributed by atoms with E-state index >= 15 is 0 Å². The molecule has 20 heavy (non-hydrogen) atoms. The highest BCUT2D eigenvalue weighted by Crippen LogP contribution is 2.17. The Balaban J connectivity index is 2.73. The van der Waals surface area contributed by atoms with Crippen LogP contribution in [0.2, 0.25) is 0 Å². The van der Waals surface area contributed by atoms with Crippen molar-refractivity contribution >= 4 is 11.9 Å². The largest absolute Gasteiger partial charge is 0.508 e. The summed E-state index contributed by atoms with van der Waals surface area (Å²) in [6, 6.07) is 4.20. The minimum absolute atomic E-state index is 0.0805. The van der Waals surface area contributed by atoms with E-state index in [1.54, 1.807) is 13.0 Å². The summed E-state index contributed by atoms with van der Waals surface area (Å²) in [5, 5.41) is 21.0. The van der Waals surface area contributed by atoms with Crippen molar-refractivity contribution in [3.63, 3.8) is 0 Å². The number of unbranched alkanes of at least 4 members (excludes halogenated alkanes) is 1. The van der Waals surface area contributed by atoms with E-state index in [1.165, 1.54) is 12.1 Å². The molecule has 0 saturated heterocycles. The SMILES string of the molecule is CCCC[C@@H](CC(=O)O)NC(=O)c1ccc(O)c(C)c1. The van der Waals surface area contributed by atoms with Crippen LogP contribution in [0.15, 0.2) is 18.2 Å². The number of carboxylic acid groups (broad SMARTS) is 1. The van der Waals surface area contributed by atoms with Gasteiger partial charge in [0.05, 0.1) is 6.42 Å². The molecular formula is C15H21NO4. The Morgan fingerprint density at radius 1 is 1.35 bits per heavy atom. The molecule has 0 fully saturated rings. The van der Waals surface area contributed by atoms with Crippen molar-refractivity contribution in [1.29, 1.82) is 0 Å². The molecule has 1 atom stereocenters. The quantitative estimate of drug-likeness (QED) is 0.715. The van der Waals surface area contributed by atoms with Crippen LogP contribution in [0.1, 0.15) is 48.5 Å². The monoisotopic (exact) mass is 279 g/mol. The van der Waals surface area contributed by atoms with Crippen molar-refractivity contribution < 1.29 is 19.8 Å². The molecule has 0 aliphatic carbocycles. The van der Waals surface area contributed by atoms with Gasteiger partial charge in [-0.05, 0) is 37.1 Å². The van der Waals surface area contributed by atoms with Crippen molar-refractivity contribution in [2.24, 2.45) is 0 Å². The fraction of sp³-hybridized carbons (Fsp3) is 0.467. The lowest BCUT2D eigenvalue weighted by molar-refractivity contribution is -0.137. The molecular weight excluding hydrogens is 258 g/mol. The Kier molecular flexibility index (Phi) is 6.03. The van der Waals surface area contributed by atoms with Crippen LogP contribution in [0.3, 0.4) is 0 Å². The fourth-order valence-corrected chi connectivity index (χ4v) is 1.95. The van der Waals surface area contributed by atoms with Crippen molar-refractivity contribution in [2.45, 2.75) is 45.6 Å². The highest BCUT2D eigenvalue weighted by atomic mass is 16.4. The van der Waals surface area contributed by atoms with Gasteiger partial charge in [-0.25, -0.2) is 0 Å². The van der Waals surface area contributed by atoms with Crippen molar-refractivity contribution in [3.8, 4) is 5.75 Å². The number of aliphatic carboxylic acids is 1. The molecule has 0 saturated carbocycles. The molecule has 1 amide bonds. The van der Waals surface area contributed by atoms with Crippen molar-refractivity contribution in [2.75, 3.05) is 0 Å². The van der Waals surface area contributed by atoms with Gasteiger partial charge in [0.15, 0.2) is 0 Å². The molecule has 0 spiro atoms. The summed E-state index contributed by atoms with van der Waals surface area (Å²) in [6.07, 6.45) is 2.38. The number of amides is 1. The maximum Gasteiger partial charge on any atom is 0.305 e. The molecule has 3 N–H and O–H groups in total. The number of aryl methyl sites for hydroxylation is 1. The molecule has 0 bridgehead atoms. The first-order chi connectivity index (χ1) is 9.43. The minimum atomic E-state index is -0.923. The molecule has 110 valence electrons. The second-order valence-corrected chi connectivity index (χ2v) is 4.91. The molecule has 0 aliphatic rings. The lowest BCUT2D eigenvalue weighted by atomic mass is 10.1. The van der Waals surface area contributed by atoms with Crippen LogP contribution in [0, 0.1) is 6.92 Å². The van der Waals surface area contributed by atoms with Gasteiger partial charge in [0, 0.05) is 11.6 Å². The number of hydrogen-bond donors (Lipinski definition) is 3. The van der Waals surface area contributed by atoms with Crippen LogP contribution in [-0.4, -0.2) is 28.1 Å². The Labute approximate surface area is 118 Å². The molecule has 0 aromatic heterocycles. The van der Waals surface area contributed by atoms with Crippen LogP contribution >= 0.6 is 0 Å². The standard InChI is InChI=1S/C15H21NO4/c1-3-4-5-12(9-14(18)19)16-15(20)11-6-7-13(17)10(2)8-11/h6-8,12,17H,3-5,9H2,1-2H3,(H,16,20)(H,18,19)/t12-/m0/s1. The van der Waals surface area contributed by atoms with Crippen LogP contribution in [0.5, 0.6) is 5.75 Å². The lowest BCUT2D eigenvalue weighted by Gasteiger charge is -2.17. The number of phenols is 1. The zero-order chi connectivity index (χ0) is 15.1. The summed E-state index contributed by atoms with van der Waals surface area (Å²) >= 11 is 0. The third-order valence-electron chi connectivity index (χ3n) is 3.12. The summed E-state index contributed by atoms with van der Waals surface area (Å²) in [5.41, 5.74) is 1.04. The van der Waals surface area contributed by atoms with Crippen LogP contribution in [-0.2, 0) is 4.79 Å². The van der Waals surface area contributed by atoms with Crippen LogP contribution < -0.4 is 5.32 Å². The molecule has 0 heterocycles. The first-order valence-electron chi connectivity index (χ1n) is 6.76. The van der Waals surface area contributed by atoms with Gasteiger partial charge in [0.25, 0.3) is 5.91 Å². The molecule has 1 aromatic carbocycles. The smallest absolute Gasteiger partial charge is 0.305 e. The number of hydrogen-bond acceptors (Lipinski definition) is 3. The highest BCUT2D eigenvalue weighted by molar-refractivity contribution is 5.95. The lowest BCUT2D eigenvalue weighted by Crippen LogP contribution is -2.36. The maximum atomic E-state index is 12.1. The minimum Gasteiger partial charge on any atom is -0.508 e. The average molecular weight is 279 g/mol. The molecule has 0 radical (unpaired) electrons. The molecule has 5 nitrogen and oxygen atoms in total. The predicted octanol–water partition coefficient (Wildman–Crippen LogP) is 2.46. The number of phenolic OH excluding ortho intramolecular Hbond substituents is 1. The first kappa shape index (κ1) is 16.0. The van der Waals surface area contributed by atoms with E-state index < -0.39 is 5.97 Å². The number of carbonyl (C=O) groups is 2. The topological polar surface area (TPSA) is 86.6 Å². The van der Waals surface area contributed by atoms with Crippen LogP contribution in [0.4, 0.5) is 0 Å². The Morgan fingerprint density at radius 2 is 2.05 bits per heavy atom. The van der Waals surface area contributed by atoms with Crippen molar-refractivity contribution in [1.82, 2.24) is 5.32 Å². The zero-order valence-corrected chi connectivity index (χ0v) is 11.8. The van der Waals surface area contributed by atoms with Gasteiger partial charge in [-0.15, -0.1) is 0 Å². The second kappa shape index (κ2) is 7.53. The van der Waals surface area contributed by atoms with E-state index in [0.717, 1.165) is 12.8 Å². The van der Waals surface area contributed by atoms with E-state index in [4.69, 9.17) is 5.11 Å². The summed E-state index contributed by atoms with van der Waals surface area (Å²) < 4.78 is 0. The van der Waals surface area contributed by atoms with E-state index in [9.17, 15) is 14.7 Å². The van der Waals surface area contributed by atoms with Crippen LogP contribution in [0.25, 0.3) is 0 Å². The first-order valence-corrected chi connectivity index (χ1v) is 6.76. The van der Waals surface area contributed by atoms with E-state index in [1.807, 2.05) is 6.92 Å². The highest BCUT2D eigenvalue weighted by Gasteiger charge is 2.17. The third kappa shape index (κ3) is 4.91. The van der Waals surface area contributed by atoms with E-state index in [2.05, 4.69) is 5.32 Å². The summed E-state index contributed by atoms with van der Waals surface area (Å²) in [7, 11) is 0. The summed E-state index contributed by atoms with van der Waals surface area (Å²) in [6.45, 7) is 3.72. The number of carbonyl (C=O) groups excluding carboxylic acids is 1. The van der Waals surface area contributed by atoms with Gasteiger partial charge in [-0.2, -0.15) is 0 Å². The van der Waals surface area contributed by atoms with Gasteiger partial charge in [0.2, 0.25) is 0 Å². The van der Waals surface area contributed by atoms with Gasteiger partial charge in [0.1, 0.15) is 5.75 Å².